The standard InChI is InChI=1S/C33H43BrP.ClH/c34-29-21-10-8-6-4-2-1-3-5-7-9-11-22-30-35(31-23-15-12-16-24-31,32-25-17-13-18-26-32)33-27-19-14-20-28-33;/h11-20,22-28H,1-10,21,29-30H2;1H/q+1;/p-1. The smallest absolute Gasteiger partial charge is 0.115 e. The summed E-state index contributed by atoms with van der Waals surface area (Å²) in [6, 6.07) is 33.6. The number of rotatable bonds is 17. The zero-order valence-electron chi connectivity index (χ0n) is 21.7. The monoisotopic (exact) mass is 584 g/mol. The average Bonchev–Trinajstić information content (AvgIpc) is 2.93. The molecule has 0 N–H and O–H groups in total. The van der Waals surface area contributed by atoms with E-state index >= 15 is 0 Å². The molecule has 0 atom stereocenters. The molecule has 0 aliphatic rings. The first kappa shape index (κ1) is 30.8. The first-order chi connectivity index (χ1) is 17.4. The van der Waals surface area contributed by atoms with Gasteiger partial charge < -0.3 is 12.4 Å². The third kappa shape index (κ3) is 9.81. The van der Waals surface area contributed by atoms with Gasteiger partial charge in [0, 0.05) is 5.33 Å². The molecule has 0 aromatic heterocycles. The van der Waals surface area contributed by atoms with Crippen molar-refractivity contribution in [2.75, 3.05) is 11.5 Å². The predicted molar refractivity (Wildman–Crippen MR) is 164 cm³/mol. The van der Waals surface area contributed by atoms with Crippen LogP contribution in [-0.4, -0.2) is 11.5 Å². The molecule has 194 valence electrons. The van der Waals surface area contributed by atoms with Gasteiger partial charge in [-0.15, -0.1) is 0 Å². The maximum Gasteiger partial charge on any atom is 0.115 e. The molecule has 0 nitrogen and oxygen atoms in total. The number of benzene rings is 3. The molecular formula is C33H43BrClP. The van der Waals surface area contributed by atoms with Crippen molar-refractivity contribution in [2.45, 2.75) is 70.6 Å². The minimum Gasteiger partial charge on any atom is -1.00 e. The summed E-state index contributed by atoms with van der Waals surface area (Å²) in [7, 11) is -1.73. The van der Waals surface area contributed by atoms with Crippen LogP contribution >= 0.6 is 23.2 Å². The lowest BCUT2D eigenvalue weighted by molar-refractivity contribution is -0.00000694. The molecule has 3 aromatic carbocycles. The minimum absolute atomic E-state index is 0. The molecule has 0 saturated carbocycles. The van der Waals surface area contributed by atoms with Crippen molar-refractivity contribution >= 4 is 39.1 Å². The summed E-state index contributed by atoms with van der Waals surface area (Å²) in [5.41, 5.74) is 0. The van der Waals surface area contributed by atoms with Crippen LogP contribution in [0.2, 0.25) is 0 Å². The molecule has 3 aromatic rings. The SMILES string of the molecule is BrCCCCCCCCCCCCC=CC[P+](c1ccccc1)(c1ccccc1)c1ccccc1.[Cl-]. The van der Waals surface area contributed by atoms with E-state index in [9.17, 15) is 0 Å². The van der Waals surface area contributed by atoms with Gasteiger partial charge in [0.25, 0.3) is 0 Å². The minimum atomic E-state index is -1.73. The highest BCUT2D eigenvalue weighted by Gasteiger charge is 2.43. The summed E-state index contributed by atoms with van der Waals surface area (Å²) in [5, 5.41) is 5.56. The van der Waals surface area contributed by atoms with Crippen molar-refractivity contribution in [3.8, 4) is 0 Å². The lowest BCUT2D eigenvalue weighted by atomic mass is 10.1. The van der Waals surface area contributed by atoms with Gasteiger partial charge in [0.05, 0.1) is 6.16 Å². The summed E-state index contributed by atoms with van der Waals surface area (Å²) in [6.07, 6.45) is 21.1. The van der Waals surface area contributed by atoms with Crippen molar-refractivity contribution in [1.82, 2.24) is 0 Å². The molecule has 0 heterocycles. The Bertz CT molecular complexity index is 847. The zero-order valence-corrected chi connectivity index (χ0v) is 24.9. The molecule has 0 radical (unpaired) electrons. The lowest BCUT2D eigenvalue weighted by Crippen LogP contribution is -3.00. The van der Waals surface area contributed by atoms with E-state index in [2.05, 4.69) is 119 Å². The Labute approximate surface area is 235 Å². The van der Waals surface area contributed by atoms with E-state index in [1.165, 1.54) is 86.5 Å². The topological polar surface area (TPSA) is 0 Å². The van der Waals surface area contributed by atoms with E-state index in [4.69, 9.17) is 0 Å². The van der Waals surface area contributed by atoms with Gasteiger partial charge in [-0.2, -0.15) is 0 Å². The Morgan fingerprint density at radius 1 is 0.472 bits per heavy atom. The second-order valence-corrected chi connectivity index (χ2v) is 13.8. The molecule has 36 heavy (non-hydrogen) atoms. The van der Waals surface area contributed by atoms with Crippen molar-refractivity contribution in [3.05, 3.63) is 103 Å². The van der Waals surface area contributed by atoms with Crippen LogP contribution in [0.5, 0.6) is 0 Å². The summed E-state index contributed by atoms with van der Waals surface area (Å²) < 4.78 is 0. The fourth-order valence-electron chi connectivity index (χ4n) is 4.93. The quantitative estimate of drug-likeness (QED) is 0.0763. The molecule has 0 aliphatic carbocycles. The number of halogens is 2. The van der Waals surface area contributed by atoms with Gasteiger partial charge in [-0.05, 0) is 55.7 Å². The fraction of sp³-hybridized carbons (Fsp3) is 0.394. The number of hydrogen-bond donors (Lipinski definition) is 0. The summed E-state index contributed by atoms with van der Waals surface area (Å²) in [6.45, 7) is 0. The highest BCUT2D eigenvalue weighted by molar-refractivity contribution is 9.09. The van der Waals surface area contributed by atoms with Crippen LogP contribution in [0.15, 0.2) is 103 Å². The van der Waals surface area contributed by atoms with Crippen LogP contribution in [0.3, 0.4) is 0 Å². The average molecular weight is 586 g/mol. The van der Waals surface area contributed by atoms with Crippen LogP contribution in [0, 0.1) is 0 Å². The Morgan fingerprint density at radius 2 is 0.833 bits per heavy atom. The molecule has 0 spiro atoms. The molecule has 0 fully saturated rings. The van der Waals surface area contributed by atoms with E-state index in [0.717, 1.165) is 11.5 Å². The lowest BCUT2D eigenvalue weighted by Gasteiger charge is -2.26. The van der Waals surface area contributed by atoms with Crippen molar-refractivity contribution in [3.63, 3.8) is 0 Å². The molecular weight excluding hydrogens is 543 g/mol. The Morgan fingerprint density at radius 3 is 1.22 bits per heavy atom. The van der Waals surface area contributed by atoms with Crippen molar-refractivity contribution in [1.29, 1.82) is 0 Å². The van der Waals surface area contributed by atoms with Crippen molar-refractivity contribution < 1.29 is 12.4 Å². The number of hydrogen-bond acceptors (Lipinski definition) is 0. The summed E-state index contributed by atoms with van der Waals surface area (Å²) >= 11 is 3.52. The summed E-state index contributed by atoms with van der Waals surface area (Å²) in [4.78, 5) is 0. The molecule has 0 unspecified atom stereocenters. The second kappa shape index (κ2) is 18.8. The fourth-order valence-corrected chi connectivity index (χ4v) is 9.36. The van der Waals surface area contributed by atoms with E-state index in [0.29, 0.717) is 0 Å². The molecule has 3 rings (SSSR count). The highest BCUT2D eigenvalue weighted by Crippen LogP contribution is 2.55. The Kier molecular flexibility index (Phi) is 16.1. The first-order valence-electron chi connectivity index (χ1n) is 13.6. The van der Waals surface area contributed by atoms with Crippen LogP contribution in [0.4, 0.5) is 0 Å². The van der Waals surface area contributed by atoms with Crippen LogP contribution < -0.4 is 28.3 Å². The van der Waals surface area contributed by atoms with Gasteiger partial charge in [0.2, 0.25) is 0 Å². The third-order valence-electron chi connectivity index (χ3n) is 6.89. The number of alkyl halides is 1. The molecule has 0 bridgehead atoms. The van der Waals surface area contributed by atoms with Gasteiger partial charge in [-0.3, -0.25) is 0 Å². The molecule has 0 aliphatic heterocycles. The summed E-state index contributed by atoms with van der Waals surface area (Å²) in [5.74, 6) is 0. The third-order valence-corrected chi connectivity index (χ3v) is 11.7. The zero-order chi connectivity index (χ0) is 24.4. The Balaban J connectivity index is 0.00000456. The molecule has 0 amide bonds. The predicted octanol–water partition coefficient (Wildman–Crippen LogP) is 6.23. The van der Waals surface area contributed by atoms with Crippen LogP contribution in [0.1, 0.15) is 70.6 Å². The molecule has 3 heteroatoms. The van der Waals surface area contributed by atoms with Crippen molar-refractivity contribution in [2.24, 2.45) is 0 Å². The van der Waals surface area contributed by atoms with Gasteiger partial charge in [-0.25, -0.2) is 0 Å². The maximum atomic E-state index is 3.52. The van der Waals surface area contributed by atoms with Gasteiger partial charge in [0.15, 0.2) is 0 Å². The van der Waals surface area contributed by atoms with Crippen LogP contribution in [0.25, 0.3) is 0 Å². The molecule has 0 saturated heterocycles. The second-order valence-electron chi connectivity index (χ2n) is 9.48. The van der Waals surface area contributed by atoms with E-state index in [1.54, 1.807) is 0 Å². The number of allylic oxidation sites excluding steroid dienone is 2. The van der Waals surface area contributed by atoms with E-state index < -0.39 is 7.26 Å². The number of unbranched alkanes of at least 4 members (excludes halogenated alkanes) is 10. The highest BCUT2D eigenvalue weighted by atomic mass is 79.9. The van der Waals surface area contributed by atoms with Crippen LogP contribution in [-0.2, 0) is 0 Å². The van der Waals surface area contributed by atoms with E-state index in [-0.39, 0.29) is 12.4 Å². The van der Waals surface area contributed by atoms with Gasteiger partial charge in [-0.1, -0.05) is 134 Å². The first-order valence-corrected chi connectivity index (χ1v) is 16.7. The van der Waals surface area contributed by atoms with E-state index in [1.807, 2.05) is 0 Å². The maximum absolute atomic E-state index is 3.52. The van der Waals surface area contributed by atoms with Gasteiger partial charge >= 0.3 is 0 Å². The largest absolute Gasteiger partial charge is 1.00 e. The normalized spacial score (nSPS) is 11.5. The van der Waals surface area contributed by atoms with Gasteiger partial charge in [0.1, 0.15) is 23.2 Å². The Hall–Kier alpha value is -1.40.